The molecule has 0 aromatic heterocycles. The molecule has 2 radical (unpaired) electrons. The van der Waals surface area contributed by atoms with Gasteiger partial charge in [0, 0.05) is 23.9 Å². The summed E-state index contributed by atoms with van der Waals surface area (Å²) in [4.78, 5) is 51.8. The van der Waals surface area contributed by atoms with E-state index in [1.165, 1.54) is 5.56 Å². The average Bonchev–Trinajstić information content (AvgIpc) is 3.01. The fourth-order valence-electron chi connectivity index (χ4n) is 10.2. The van der Waals surface area contributed by atoms with Gasteiger partial charge in [0.1, 0.15) is 11.6 Å². The number of hydrogen-bond acceptors (Lipinski definition) is 5. The van der Waals surface area contributed by atoms with Gasteiger partial charge in [-0.2, -0.15) is 0 Å². The van der Waals surface area contributed by atoms with Crippen molar-refractivity contribution >= 4 is 23.5 Å². The van der Waals surface area contributed by atoms with Gasteiger partial charge in [0.2, 0.25) is 0 Å². The Hall–Kier alpha value is -1.49. The SMILES string of the molecule is CC(C)(CC(C)(C)C(C)(C)CCOC(C)(C)C(C)(C)CC(C)(C)C(=O)[N-]C(C)(C)CC(C)(C)c1ccc(C(C)(C)CC(C)(C)C(=O)C2CCCCC2=O)cc1)[N-]C(N)=O.[Ru+].[Ru+]. The number of carbonyl (C=O) groups excluding carboxylic acids is 4. The number of Topliss-reactive ketones (excluding diaryl/α,β-unsaturated/α-hetero) is 2. The molecule has 0 aliphatic heterocycles. The second-order valence-electron chi connectivity index (χ2n) is 24.7. The van der Waals surface area contributed by atoms with Crippen molar-refractivity contribution in [1.82, 2.24) is 0 Å². The van der Waals surface area contributed by atoms with E-state index in [1.54, 1.807) is 0 Å². The maximum absolute atomic E-state index is 14.1. The van der Waals surface area contributed by atoms with Crippen LogP contribution in [0.4, 0.5) is 4.79 Å². The van der Waals surface area contributed by atoms with E-state index in [-0.39, 0.29) is 83.5 Å². The van der Waals surface area contributed by atoms with E-state index in [9.17, 15) is 19.2 Å². The zero-order chi connectivity index (χ0) is 46.1. The Kier molecular flexibility index (Phi) is 20.3. The Labute approximate surface area is 399 Å². The summed E-state index contributed by atoms with van der Waals surface area (Å²) in [7, 11) is 0. The maximum atomic E-state index is 14.1. The Balaban J connectivity index is 0.0000180. The van der Waals surface area contributed by atoms with Gasteiger partial charge in [0.25, 0.3) is 0 Å². The van der Waals surface area contributed by atoms with Crippen LogP contribution in [-0.4, -0.2) is 46.8 Å². The molecule has 0 spiro atoms. The van der Waals surface area contributed by atoms with Crippen LogP contribution in [0.2, 0.25) is 0 Å². The van der Waals surface area contributed by atoms with Crippen LogP contribution in [0.15, 0.2) is 24.3 Å². The predicted molar refractivity (Wildman–Crippen MR) is 246 cm³/mol. The standard InChI is InChI=1S/C51H89N3O5.2Ru/c1-42(2,31-44(5,6)39(56)37-23-21-22-24-38(37)55)35-25-27-36(28-26-35)43(3,4)33-49(15,16)53-40(57)45(7,8)32-48(13,14)51(19,20)59-30-29-46(9,10)47(11,12)34-50(17,18)54-41(52)58;;/h25-28,37H,21-24,29-34H2,1-20H3,(H4,52,53,54,57,58);;/q;2*+1/p-2. The number of ether oxygens (including phenoxy) is 1. The summed E-state index contributed by atoms with van der Waals surface area (Å²) in [6.45, 7) is 42.9. The van der Waals surface area contributed by atoms with Gasteiger partial charge < -0.3 is 25.9 Å². The molecule has 1 saturated carbocycles. The van der Waals surface area contributed by atoms with Crippen LogP contribution in [0, 0.1) is 33.0 Å². The van der Waals surface area contributed by atoms with Gasteiger partial charge in [-0.1, -0.05) is 162 Å². The number of nitrogens with zero attached hydrogens (tertiary/aromatic N) is 2. The molecule has 1 aromatic rings. The van der Waals surface area contributed by atoms with Crippen molar-refractivity contribution in [3.05, 3.63) is 46.0 Å². The van der Waals surface area contributed by atoms with Crippen LogP contribution in [0.5, 0.6) is 0 Å². The van der Waals surface area contributed by atoms with Gasteiger partial charge >= 0.3 is 39.0 Å². The van der Waals surface area contributed by atoms with Crippen LogP contribution in [0.25, 0.3) is 10.6 Å². The molecule has 8 nitrogen and oxygen atoms in total. The molecule has 1 atom stereocenters. The number of rotatable bonds is 21. The van der Waals surface area contributed by atoms with Crippen molar-refractivity contribution in [3.8, 4) is 0 Å². The minimum atomic E-state index is -0.713. The Morgan fingerprint density at radius 3 is 1.52 bits per heavy atom. The van der Waals surface area contributed by atoms with Gasteiger partial charge in [-0.25, -0.2) is 0 Å². The van der Waals surface area contributed by atoms with Crippen LogP contribution in [-0.2, 0) is 68.9 Å². The molecule has 1 aliphatic rings. The second kappa shape index (κ2) is 20.8. The first-order valence-corrected chi connectivity index (χ1v) is 22.3. The first-order valence-electron chi connectivity index (χ1n) is 22.3. The Morgan fingerprint density at radius 2 is 1.07 bits per heavy atom. The fourth-order valence-corrected chi connectivity index (χ4v) is 10.2. The number of hydrogen-bond donors (Lipinski definition) is 1. The number of urea groups is 1. The van der Waals surface area contributed by atoms with E-state index in [0.717, 1.165) is 24.8 Å². The summed E-state index contributed by atoms with van der Waals surface area (Å²) < 4.78 is 6.69. The number of primary amides is 1. The summed E-state index contributed by atoms with van der Waals surface area (Å²) in [5.41, 5.74) is 3.58. The second-order valence-corrected chi connectivity index (χ2v) is 24.7. The number of amides is 3. The van der Waals surface area contributed by atoms with Crippen molar-refractivity contribution in [1.29, 1.82) is 0 Å². The van der Waals surface area contributed by atoms with E-state index in [1.807, 2.05) is 41.5 Å². The van der Waals surface area contributed by atoms with Crippen molar-refractivity contribution in [2.24, 2.45) is 38.7 Å². The van der Waals surface area contributed by atoms with Gasteiger partial charge in [-0.15, -0.1) is 5.54 Å². The van der Waals surface area contributed by atoms with Gasteiger partial charge in [0.15, 0.2) is 6.03 Å². The van der Waals surface area contributed by atoms with E-state index >= 15 is 0 Å². The molecular formula is C51H87N3O5Ru2. The smallest absolute Gasteiger partial charge is 0.648 e. The summed E-state index contributed by atoms with van der Waals surface area (Å²) in [6.07, 6.45) is 6.50. The molecule has 2 N–H and O–H groups in total. The van der Waals surface area contributed by atoms with Crippen LogP contribution < -0.4 is 5.73 Å². The third-order valence-corrected chi connectivity index (χ3v) is 14.6. The average molecular weight is 1020 g/mol. The molecule has 0 bridgehead atoms. The summed E-state index contributed by atoms with van der Waals surface area (Å²) >= 11 is 0. The van der Waals surface area contributed by atoms with Crippen molar-refractivity contribution in [2.75, 3.05) is 6.61 Å². The molecule has 61 heavy (non-hydrogen) atoms. The zero-order valence-electron chi connectivity index (χ0n) is 42.2. The molecule has 2 rings (SSSR count). The normalized spacial score (nSPS) is 16.6. The van der Waals surface area contributed by atoms with E-state index < -0.39 is 39.5 Å². The van der Waals surface area contributed by atoms with Crippen LogP contribution in [0.1, 0.15) is 207 Å². The van der Waals surface area contributed by atoms with Crippen molar-refractivity contribution in [3.63, 3.8) is 0 Å². The third kappa shape index (κ3) is 16.2. The van der Waals surface area contributed by atoms with E-state index in [2.05, 4.69) is 127 Å². The molecule has 1 fully saturated rings. The predicted octanol–water partition coefficient (Wildman–Crippen LogP) is 13.4. The number of carbonyl (C=O) groups is 4. The monoisotopic (exact) mass is 1030 g/mol. The van der Waals surface area contributed by atoms with E-state index in [0.29, 0.717) is 45.1 Å². The third-order valence-electron chi connectivity index (χ3n) is 14.6. The largest absolute Gasteiger partial charge is 1.00 e. The topological polar surface area (TPSA) is 132 Å². The minimum Gasteiger partial charge on any atom is -0.648 e. The van der Waals surface area contributed by atoms with Crippen molar-refractivity contribution < 1.29 is 62.9 Å². The van der Waals surface area contributed by atoms with E-state index in [4.69, 9.17) is 15.8 Å². The first-order chi connectivity index (χ1) is 26.2. The van der Waals surface area contributed by atoms with Gasteiger partial charge in [-0.05, 0) is 96.1 Å². The molecule has 352 valence electrons. The van der Waals surface area contributed by atoms with Crippen LogP contribution in [0.3, 0.4) is 0 Å². The molecule has 3 amide bonds. The molecule has 0 heterocycles. The summed E-state index contributed by atoms with van der Waals surface area (Å²) in [6, 6.07) is 8.09. The molecule has 1 aromatic carbocycles. The summed E-state index contributed by atoms with van der Waals surface area (Å²) in [5, 5.41) is 9.07. The molecule has 1 aliphatic carbocycles. The van der Waals surface area contributed by atoms with Crippen molar-refractivity contribution in [2.45, 2.75) is 224 Å². The first kappa shape index (κ1) is 59.5. The molecule has 0 saturated heterocycles. The number of nitrogens with two attached hydrogens (primary N) is 1. The molecule has 1 unspecified atom stereocenters. The number of benzene rings is 1. The van der Waals surface area contributed by atoms with Gasteiger partial charge in [0.05, 0.1) is 17.4 Å². The Bertz CT molecular complexity index is 1650. The maximum Gasteiger partial charge on any atom is 1.00 e. The molecular weight excluding hydrogens is 937 g/mol. The minimum absolute atomic E-state index is 0. The van der Waals surface area contributed by atoms with Crippen LogP contribution >= 0.6 is 0 Å². The summed E-state index contributed by atoms with van der Waals surface area (Å²) in [5.74, 6) is -0.355. The Morgan fingerprint density at radius 1 is 0.607 bits per heavy atom. The fraction of sp³-hybridized carbons (Fsp3) is 0.804. The molecule has 10 heteroatoms. The zero-order valence-corrected chi connectivity index (χ0v) is 45.7. The van der Waals surface area contributed by atoms with Gasteiger partial charge in [-0.3, -0.25) is 14.4 Å². The number of ketones is 2. The quantitative estimate of drug-likeness (QED) is 0.0967.